The molecule has 20 heavy (non-hydrogen) atoms. The number of hydrogen-bond acceptors (Lipinski definition) is 3. The minimum absolute atomic E-state index is 1.06. The van der Waals surface area contributed by atoms with E-state index in [-0.39, 0.29) is 0 Å². The average Bonchev–Trinajstić information content (AvgIpc) is 2.55. The Labute approximate surface area is 117 Å². The van der Waals surface area contributed by atoms with E-state index in [0.29, 0.717) is 0 Å². The van der Waals surface area contributed by atoms with Gasteiger partial charge in [-0.1, -0.05) is 36.4 Å². The highest BCUT2D eigenvalue weighted by Gasteiger charge is 1.96. The summed E-state index contributed by atoms with van der Waals surface area (Å²) in [6, 6.07) is 20.3. The molecule has 0 fully saturated rings. The van der Waals surface area contributed by atoms with E-state index >= 15 is 0 Å². The predicted molar refractivity (Wildman–Crippen MR) is 81.3 cm³/mol. The molecule has 0 radical (unpaired) electrons. The van der Waals surface area contributed by atoms with E-state index < -0.39 is 0 Å². The lowest BCUT2D eigenvalue weighted by Gasteiger charge is -1.99. The van der Waals surface area contributed by atoms with Crippen LogP contribution >= 0.6 is 0 Å². The number of fused-ring (bicyclic) bond motifs is 2. The van der Waals surface area contributed by atoms with Gasteiger partial charge in [0.25, 0.3) is 0 Å². The Hall–Kier alpha value is -2.81. The van der Waals surface area contributed by atoms with E-state index in [2.05, 4.69) is 33.2 Å². The van der Waals surface area contributed by atoms with Crippen molar-refractivity contribution >= 4 is 21.8 Å². The average molecular weight is 259 g/mol. The summed E-state index contributed by atoms with van der Waals surface area (Å²) in [5.41, 5.74) is 2.12. The maximum absolute atomic E-state index is 4.58. The van der Waals surface area contributed by atoms with Crippen molar-refractivity contribution in [3.63, 3.8) is 0 Å². The number of para-hydroxylation sites is 2. The van der Waals surface area contributed by atoms with Gasteiger partial charge in [-0.2, -0.15) is 0 Å². The number of pyridine rings is 1. The lowest BCUT2D eigenvalue weighted by molar-refractivity contribution is 1.17. The third-order valence-electron chi connectivity index (χ3n) is 2.90. The van der Waals surface area contributed by atoms with Gasteiger partial charge >= 0.3 is 0 Å². The first-order valence-electron chi connectivity index (χ1n) is 6.38. The highest BCUT2D eigenvalue weighted by atomic mass is 14.8. The Bertz CT molecular complexity index is 682. The Morgan fingerprint density at radius 3 is 1.60 bits per heavy atom. The summed E-state index contributed by atoms with van der Waals surface area (Å²) in [6.07, 6.45) is 4.88. The molecule has 0 saturated carbocycles. The molecule has 0 aliphatic rings. The highest BCUT2D eigenvalue weighted by molar-refractivity contribution is 5.92. The minimum Gasteiger partial charge on any atom is -0.248 e. The van der Waals surface area contributed by atoms with Crippen LogP contribution in [0, 0.1) is 0 Å². The fourth-order valence-electron chi connectivity index (χ4n) is 1.97. The van der Waals surface area contributed by atoms with Crippen LogP contribution in [0.4, 0.5) is 0 Å². The van der Waals surface area contributed by atoms with Gasteiger partial charge < -0.3 is 0 Å². The second kappa shape index (κ2) is 5.89. The summed E-state index contributed by atoms with van der Waals surface area (Å²) in [4.78, 5) is 11.9. The molecule has 2 heterocycles. The number of benzene rings is 2. The lowest BCUT2D eigenvalue weighted by Crippen LogP contribution is -1.80. The van der Waals surface area contributed by atoms with Crippen LogP contribution in [0.25, 0.3) is 21.8 Å². The van der Waals surface area contributed by atoms with Crippen LogP contribution in [0.5, 0.6) is 0 Å². The first-order valence-corrected chi connectivity index (χ1v) is 6.38. The van der Waals surface area contributed by atoms with Gasteiger partial charge in [0.15, 0.2) is 0 Å². The molecule has 0 aliphatic carbocycles. The summed E-state index contributed by atoms with van der Waals surface area (Å²) in [7, 11) is 0. The third-order valence-corrected chi connectivity index (χ3v) is 2.90. The molecule has 3 nitrogen and oxygen atoms in total. The van der Waals surface area contributed by atoms with Crippen molar-refractivity contribution in [2.45, 2.75) is 0 Å². The minimum atomic E-state index is 1.06. The number of nitrogens with zero attached hydrogens (tertiary/aromatic N) is 3. The molecule has 4 rings (SSSR count). The van der Waals surface area contributed by atoms with Crippen molar-refractivity contribution in [2.75, 3.05) is 0 Å². The fraction of sp³-hybridized carbons (Fsp3) is 0. The standard InChI is InChI=1S/C13H9N.C4H4N2/c1-3-7-12-10(5-1)9-11-6-2-4-8-13(11)14-12;1-2-5-4-6-3-1/h1-9H;1-4H. The van der Waals surface area contributed by atoms with Crippen molar-refractivity contribution in [1.82, 2.24) is 15.0 Å². The molecular formula is C17H13N3. The van der Waals surface area contributed by atoms with Gasteiger partial charge in [0, 0.05) is 23.2 Å². The van der Waals surface area contributed by atoms with E-state index in [0.717, 1.165) is 11.0 Å². The maximum atomic E-state index is 4.58. The number of aromatic nitrogens is 3. The summed E-state index contributed by atoms with van der Waals surface area (Å²) in [6.45, 7) is 0. The zero-order chi connectivity index (χ0) is 13.6. The molecular weight excluding hydrogens is 246 g/mol. The molecule has 0 aliphatic heterocycles. The third kappa shape index (κ3) is 2.78. The maximum Gasteiger partial charge on any atom is 0.115 e. The van der Waals surface area contributed by atoms with E-state index in [1.807, 2.05) is 36.4 Å². The molecule has 96 valence electrons. The van der Waals surface area contributed by atoms with Crippen molar-refractivity contribution in [3.05, 3.63) is 79.4 Å². The van der Waals surface area contributed by atoms with Crippen molar-refractivity contribution in [2.24, 2.45) is 0 Å². The second-order valence-corrected chi connectivity index (χ2v) is 4.28. The summed E-state index contributed by atoms with van der Waals surface area (Å²) in [5.74, 6) is 0. The zero-order valence-electron chi connectivity index (χ0n) is 10.8. The van der Waals surface area contributed by atoms with Gasteiger partial charge in [0.1, 0.15) is 6.33 Å². The smallest absolute Gasteiger partial charge is 0.115 e. The van der Waals surface area contributed by atoms with E-state index in [9.17, 15) is 0 Å². The highest BCUT2D eigenvalue weighted by Crippen LogP contribution is 2.18. The first kappa shape index (κ1) is 12.2. The summed E-state index contributed by atoms with van der Waals surface area (Å²) in [5, 5.41) is 2.40. The number of hydrogen-bond donors (Lipinski definition) is 0. The molecule has 0 saturated heterocycles. The van der Waals surface area contributed by atoms with E-state index in [1.165, 1.54) is 17.1 Å². The van der Waals surface area contributed by atoms with Crippen LogP contribution in [0.15, 0.2) is 79.4 Å². The quantitative estimate of drug-likeness (QED) is 0.450. The molecule has 4 aromatic rings. The van der Waals surface area contributed by atoms with Crippen LogP contribution in [-0.4, -0.2) is 15.0 Å². The summed E-state index contributed by atoms with van der Waals surface area (Å²) < 4.78 is 0. The van der Waals surface area contributed by atoms with E-state index in [4.69, 9.17) is 0 Å². The van der Waals surface area contributed by atoms with Crippen LogP contribution in [0.1, 0.15) is 0 Å². The van der Waals surface area contributed by atoms with Gasteiger partial charge in [-0.25, -0.2) is 15.0 Å². The van der Waals surface area contributed by atoms with Crippen molar-refractivity contribution < 1.29 is 0 Å². The largest absolute Gasteiger partial charge is 0.248 e. The second-order valence-electron chi connectivity index (χ2n) is 4.28. The zero-order valence-corrected chi connectivity index (χ0v) is 10.8. The Kier molecular flexibility index (Phi) is 3.60. The molecule has 0 amide bonds. The number of rotatable bonds is 0. The summed E-state index contributed by atoms with van der Waals surface area (Å²) >= 11 is 0. The molecule has 2 aromatic carbocycles. The molecule has 0 N–H and O–H groups in total. The molecule has 3 heteroatoms. The van der Waals surface area contributed by atoms with E-state index in [1.54, 1.807) is 18.5 Å². The molecule has 0 bridgehead atoms. The Morgan fingerprint density at radius 1 is 0.600 bits per heavy atom. The molecule has 0 unspecified atom stereocenters. The monoisotopic (exact) mass is 259 g/mol. The first-order chi connectivity index (χ1) is 9.93. The Morgan fingerprint density at radius 2 is 1.15 bits per heavy atom. The lowest BCUT2D eigenvalue weighted by atomic mass is 10.1. The molecule has 2 aromatic heterocycles. The SMILES string of the molecule is c1ccc2nc3ccccc3cc2c1.c1cncnc1. The van der Waals surface area contributed by atoms with Gasteiger partial charge in [-0.05, 0) is 24.3 Å². The normalized spacial score (nSPS) is 10.0. The van der Waals surface area contributed by atoms with Crippen molar-refractivity contribution in [1.29, 1.82) is 0 Å². The van der Waals surface area contributed by atoms with Gasteiger partial charge in [0.05, 0.1) is 11.0 Å². The van der Waals surface area contributed by atoms with Crippen molar-refractivity contribution in [3.8, 4) is 0 Å². The van der Waals surface area contributed by atoms with Crippen LogP contribution in [0.2, 0.25) is 0 Å². The molecule has 0 atom stereocenters. The van der Waals surface area contributed by atoms with Gasteiger partial charge in [-0.15, -0.1) is 0 Å². The van der Waals surface area contributed by atoms with Crippen LogP contribution in [-0.2, 0) is 0 Å². The van der Waals surface area contributed by atoms with Gasteiger partial charge in [0.2, 0.25) is 0 Å². The Balaban J connectivity index is 0.000000170. The fourth-order valence-corrected chi connectivity index (χ4v) is 1.97. The predicted octanol–water partition coefficient (Wildman–Crippen LogP) is 3.86. The topological polar surface area (TPSA) is 38.7 Å². The molecule has 0 spiro atoms. The van der Waals surface area contributed by atoms with Crippen LogP contribution < -0.4 is 0 Å². The van der Waals surface area contributed by atoms with Crippen LogP contribution in [0.3, 0.4) is 0 Å². The van der Waals surface area contributed by atoms with Gasteiger partial charge in [-0.3, -0.25) is 0 Å².